The van der Waals surface area contributed by atoms with E-state index in [0.29, 0.717) is 0 Å². The summed E-state index contributed by atoms with van der Waals surface area (Å²) < 4.78 is 0. The third-order valence-corrected chi connectivity index (χ3v) is 1.79. The molecule has 0 radical (unpaired) electrons. The van der Waals surface area contributed by atoms with Crippen molar-refractivity contribution in [3.05, 3.63) is 11.5 Å². The largest absolute Gasteiger partial charge is 0.382 e. The van der Waals surface area contributed by atoms with Crippen LogP contribution in [0.3, 0.4) is 0 Å². The maximum atomic E-state index is 10.8. The number of carbonyl (C=O) groups is 1. The van der Waals surface area contributed by atoms with Crippen LogP contribution in [0.4, 0.5) is 5.82 Å². The van der Waals surface area contributed by atoms with Crippen molar-refractivity contribution in [1.82, 2.24) is 9.97 Å². The van der Waals surface area contributed by atoms with E-state index in [9.17, 15) is 4.79 Å². The first-order valence-corrected chi connectivity index (χ1v) is 4.29. The van der Waals surface area contributed by atoms with Crippen LogP contribution in [-0.4, -0.2) is 15.9 Å². The lowest BCUT2D eigenvalue weighted by molar-refractivity contribution is 0.0997. The number of amides is 1. The number of carbonyl (C=O) groups excluding carboxylic acids is 1. The molecule has 0 unspecified atom stereocenters. The molecule has 72 valence electrons. The van der Waals surface area contributed by atoms with Gasteiger partial charge in [0.15, 0.2) is 5.82 Å². The highest BCUT2D eigenvalue weighted by Gasteiger charge is 2.10. The lowest BCUT2D eigenvalue weighted by Crippen LogP contribution is -2.13. The molecule has 0 bridgehead atoms. The van der Waals surface area contributed by atoms with E-state index >= 15 is 0 Å². The summed E-state index contributed by atoms with van der Waals surface area (Å²) >= 11 is 0. The minimum absolute atomic E-state index is 0.193. The lowest BCUT2D eigenvalue weighted by Gasteiger charge is -1.91. The number of hydrogen-bond donors (Lipinski definition) is 3. The number of rotatable bonds is 4. The van der Waals surface area contributed by atoms with Gasteiger partial charge >= 0.3 is 0 Å². The molecule has 13 heavy (non-hydrogen) atoms. The van der Waals surface area contributed by atoms with E-state index in [1.807, 2.05) is 0 Å². The maximum absolute atomic E-state index is 10.8. The fourth-order valence-electron chi connectivity index (χ4n) is 1.09. The predicted molar refractivity (Wildman–Crippen MR) is 50.1 cm³/mol. The molecule has 0 atom stereocenters. The highest BCUT2D eigenvalue weighted by Crippen LogP contribution is 2.09. The molecule has 0 aromatic carbocycles. The number of aryl methyl sites for hydroxylation is 1. The molecular weight excluding hydrogens is 168 g/mol. The van der Waals surface area contributed by atoms with Crippen molar-refractivity contribution in [1.29, 1.82) is 0 Å². The van der Waals surface area contributed by atoms with Gasteiger partial charge < -0.3 is 16.5 Å². The molecule has 1 aromatic heterocycles. The van der Waals surface area contributed by atoms with Crippen LogP contribution >= 0.6 is 0 Å². The van der Waals surface area contributed by atoms with E-state index in [1.54, 1.807) is 0 Å². The van der Waals surface area contributed by atoms with Gasteiger partial charge in [0.1, 0.15) is 11.5 Å². The second-order valence-corrected chi connectivity index (χ2v) is 2.91. The second kappa shape index (κ2) is 3.93. The van der Waals surface area contributed by atoms with E-state index in [0.717, 1.165) is 25.1 Å². The third kappa shape index (κ3) is 2.21. The van der Waals surface area contributed by atoms with Crippen LogP contribution in [0.25, 0.3) is 0 Å². The summed E-state index contributed by atoms with van der Waals surface area (Å²) in [5, 5.41) is 0. The number of unbranched alkanes of at least 4 members (excludes halogenated alkanes) is 1. The number of nitrogen functional groups attached to an aromatic ring is 1. The highest BCUT2D eigenvalue weighted by molar-refractivity contribution is 5.95. The minimum Gasteiger partial charge on any atom is -0.382 e. The number of nitrogens with two attached hydrogens (primary N) is 2. The number of nitrogens with one attached hydrogen (secondary N) is 1. The van der Waals surface area contributed by atoms with E-state index in [2.05, 4.69) is 16.9 Å². The maximum Gasteiger partial charge on any atom is 0.269 e. The van der Waals surface area contributed by atoms with Crippen molar-refractivity contribution < 1.29 is 4.79 Å². The summed E-state index contributed by atoms with van der Waals surface area (Å²) in [5.41, 5.74) is 10.8. The van der Waals surface area contributed by atoms with Gasteiger partial charge in [-0.3, -0.25) is 4.79 Å². The Kier molecular flexibility index (Phi) is 2.89. The molecule has 1 heterocycles. The van der Waals surface area contributed by atoms with E-state index < -0.39 is 5.91 Å². The molecule has 0 aliphatic carbocycles. The Morgan fingerprint density at radius 2 is 2.31 bits per heavy atom. The van der Waals surface area contributed by atoms with Gasteiger partial charge in [-0.15, -0.1) is 0 Å². The van der Waals surface area contributed by atoms with E-state index in [4.69, 9.17) is 11.5 Å². The van der Waals surface area contributed by atoms with Gasteiger partial charge in [-0.2, -0.15) is 0 Å². The molecular formula is C8H14N4O. The summed E-state index contributed by atoms with van der Waals surface area (Å²) in [6.45, 7) is 2.08. The zero-order valence-corrected chi connectivity index (χ0v) is 7.63. The van der Waals surface area contributed by atoms with Crippen molar-refractivity contribution >= 4 is 11.7 Å². The second-order valence-electron chi connectivity index (χ2n) is 2.91. The normalized spacial score (nSPS) is 10.2. The van der Waals surface area contributed by atoms with Crippen molar-refractivity contribution in [2.24, 2.45) is 5.73 Å². The Labute approximate surface area is 76.5 Å². The Hall–Kier alpha value is -1.52. The third-order valence-electron chi connectivity index (χ3n) is 1.79. The SMILES string of the molecule is CCCCc1nc(N)c(C(N)=O)[nH]1. The van der Waals surface area contributed by atoms with Gasteiger partial charge in [0, 0.05) is 6.42 Å². The van der Waals surface area contributed by atoms with Gasteiger partial charge in [0.2, 0.25) is 0 Å². The van der Waals surface area contributed by atoms with Crippen LogP contribution in [0.15, 0.2) is 0 Å². The molecule has 5 nitrogen and oxygen atoms in total. The summed E-state index contributed by atoms with van der Waals surface area (Å²) in [5.74, 6) is 0.361. The van der Waals surface area contributed by atoms with Gasteiger partial charge in [-0.05, 0) is 6.42 Å². The number of aromatic amines is 1. The van der Waals surface area contributed by atoms with E-state index in [-0.39, 0.29) is 11.5 Å². The highest BCUT2D eigenvalue weighted by atomic mass is 16.1. The quantitative estimate of drug-likeness (QED) is 0.629. The molecule has 5 heteroatoms. The first-order chi connectivity index (χ1) is 6.15. The first kappa shape index (κ1) is 9.57. The Morgan fingerprint density at radius 1 is 1.62 bits per heavy atom. The van der Waals surface area contributed by atoms with Gasteiger partial charge in [0.25, 0.3) is 5.91 Å². The van der Waals surface area contributed by atoms with Gasteiger partial charge in [-0.25, -0.2) is 4.98 Å². The molecule has 1 aromatic rings. The number of nitrogens with zero attached hydrogens (tertiary/aromatic N) is 1. The summed E-state index contributed by atoms with van der Waals surface area (Å²) in [4.78, 5) is 17.6. The summed E-state index contributed by atoms with van der Waals surface area (Å²) in [6.07, 6.45) is 2.89. The van der Waals surface area contributed by atoms with Crippen molar-refractivity contribution in [3.8, 4) is 0 Å². The molecule has 5 N–H and O–H groups in total. The Balaban J connectivity index is 2.76. The number of hydrogen-bond acceptors (Lipinski definition) is 3. The Morgan fingerprint density at radius 3 is 2.77 bits per heavy atom. The molecule has 0 aliphatic heterocycles. The number of imidazole rings is 1. The number of anilines is 1. The Bertz CT molecular complexity index is 305. The smallest absolute Gasteiger partial charge is 0.269 e. The summed E-state index contributed by atoms with van der Waals surface area (Å²) in [6, 6.07) is 0. The lowest BCUT2D eigenvalue weighted by atomic mass is 10.2. The number of H-pyrrole nitrogens is 1. The molecule has 0 spiro atoms. The van der Waals surface area contributed by atoms with Crippen molar-refractivity contribution in [2.45, 2.75) is 26.2 Å². The number of aromatic nitrogens is 2. The first-order valence-electron chi connectivity index (χ1n) is 4.29. The standard InChI is InChI=1S/C8H14N4O/c1-2-3-4-5-11-6(8(10)13)7(9)12-5/h2-4,9H2,1H3,(H2,10,13)(H,11,12). The van der Waals surface area contributed by atoms with Crippen molar-refractivity contribution in [2.75, 3.05) is 5.73 Å². The topological polar surface area (TPSA) is 97.8 Å². The van der Waals surface area contributed by atoms with Crippen LogP contribution in [-0.2, 0) is 6.42 Å². The molecule has 1 rings (SSSR count). The van der Waals surface area contributed by atoms with Crippen LogP contribution in [0, 0.1) is 0 Å². The monoisotopic (exact) mass is 182 g/mol. The van der Waals surface area contributed by atoms with Crippen LogP contribution in [0.1, 0.15) is 36.1 Å². The zero-order chi connectivity index (χ0) is 9.84. The number of primary amides is 1. The fraction of sp³-hybridized carbons (Fsp3) is 0.500. The average molecular weight is 182 g/mol. The van der Waals surface area contributed by atoms with Gasteiger partial charge in [-0.1, -0.05) is 13.3 Å². The van der Waals surface area contributed by atoms with Crippen LogP contribution in [0.5, 0.6) is 0 Å². The summed E-state index contributed by atoms with van der Waals surface area (Å²) in [7, 11) is 0. The van der Waals surface area contributed by atoms with E-state index in [1.165, 1.54) is 0 Å². The van der Waals surface area contributed by atoms with Crippen molar-refractivity contribution in [3.63, 3.8) is 0 Å². The molecule has 0 saturated heterocycles. The minimum atomic E-state index is -0.562. The predicted octanol–water partition coefficient (Wildman–Crippen LogP) is 0.433. The average Bonchev–Trinajstić information content (AvgIpc) is 2.43. The van der Waals surface area contributed by atoms with Crippen LogP contribution < -0.4 is 11.5 Å². The fourth-order valence-corrected chi connectivity index (χ4v) is 1.09. The molecule has 0 saturated carbocycles. The zero-order valence-electron chi connectivity index (χ0n) is 7.63. The van der Waals surface area contributed by atoms with Gasteiger partial charge in [0.05, 0.1) is 0 Å². The van der Waals surface area contributed by atoms with Crippen LogP contribution in [0.2, 0.25) is 0 Å². The molecule has 1 amide bonds. The molecule has 0 fully saturated rings. The molecule has 0 aliphatic rings.